The number of aliphatic hydroxyl groups is 1. The van der Waals surface area contributed by atoms with Gasteiger partial charge in [0.05, 0.1) is 0 Å². The van der Waals surface area contributed by atoms with Crippen LogP contribution in [0.25, 0.3) is 0 Å². The van der Waals surface area contributed by atoms with E-state index in [-0.39, 0.29) is 6.61 Å². The third kappa shape index (κ3) is 4.60. The van der Waals surface area contributed by atoms with Crippen molar-refractivity contribution in [3.05, 3.63) is 54.0 Å². The minimum atomic E-state index is -0.541. The zero-order chi connectivity index (χ0) is 15.1. The second-order valence-corrected chi connectivity index (χ2v) is 3.96. The van der Waals surface area contributed by atoms with E-state index in [1.54, 1.807) is 24.3 Å². The Labute approximate surface area is 120 Å². The predicted molar refractivity (Wildman–Crippen MR) is 77.2 cm³/mol. The molecule has 0 saturated heterocycles. The number of carbonyl (C=O) groups is 1. The molecule has 0 bridgehead atoms. The van der Waals surface area contributed by atoms with Crippen LogP contribution in [0.4, 0.5) is 20.7 Å². The fraction of sp³-hybridized carbons (Fsp3) is 0.0667. The Bertz CT molecular complexity index is 707. The monoisotopic (exact) mass is 285 g/mol. The molecule has 0 spiro atoms. The molecule has 2 aromatic rings. The van der Waals surface area contributed by atoms with Gasteiger partial charge in [-0.05, 0) is 36.3 Å². The van der Waals surface area contributed by atoms with E-state index in [0.29, 0.717) is 17.2 Å². The molecule has 3 N–H and O–H groups in total. The number of nitrogens with zero attached hydrogens (tertiary/aromatic N) is 1. The fourth-order valence-corrected chi connectivity index (χ4v) is 1.55. The second kappa shape index (κ2) is 7.03. The van der Waals surface area contributed by atoms with Crippen molar-refractivity contribution in [2.24, 2.45) is 0 Å². The summed E-state index contributed by atoms with van der Waals surface area (Å²) < 4.78 is 13.0. The van der Waals surface area contributed by atoms with E-state index in [2.05, 4.69) is 27.5 Å². The summed E-state index contributed by atoms with van der Waals surface area (Å²) in [5.41, 5.74) is 0.760. The highest BCUT2D eigenvalue weighted by Crippen LogP contribution is 2.10. The average Bonchev–Trinajstić information content (AvgIpc) is 2.45. The Morgan fingerprint density at radius 1 is 1.24 bits per heavy atom. The molecule has 0 fully saturated rings. The number of amides is 2. The summed E-state index contributed by atoms with van der Waals surface area (Å²) in [6, 6.07) is 9.93. The normalized spacial score (nSPS) is 9.43. The number of urea groups is 1. The number of halogens is 1. The molecule has 0 aliphatic heterocycles. The standard InChI is InChI=1S/C15H12FN3O2/c16-11-4-1-6-13(10-11)18-15(21)19-14-8-2-5-12(17-14)7-3-9-20/h1-2,4-6,8,10,20H,9H2,(H2,17,18,19,21). The number of anilines is 2. The highest BCUT2D eigenvalue weighted by molar-refractivity contribution is 5.99. The van der Waals surface area contributed by atoms with E-state index in [1.165, 1.54) is 18.2 Å². The first-order valence-corrected chi connectivity index (χ1v) is 6.08. The number of hydrogen-bond acceptors (Lipinski definition) is 3. The number of benzene rings is 1. The number of hydrogen-bond donors (Lipinski definition) is 3. The fourth-order valence-electron chi connectivity index (χ4n) is 1.55. The van der Waals surface area contributed by atoms with Gasteiger partial charge in [0.2, 0.25) is 0 Å². The van der Waals surface area contributed by atoms with E-state index in [4.69, 9.17) is 5.11 Å². The Morgan fingerprint density at radius 3 is 2.81 bits per heavy atom. The van der Waals surface area contributed by atoms with Crippen LogP contribution in [0.2, 0.25) is 0 Å². The molecule has 0 aliphatic rings. The van der Waals surface area contributed by atoms with Crippen molar-refractivity contribution in [2.45, 2.75) is 0 Å². The molecule has 6 heteroatoms. The average molecular weight is 285 g/mol. The molecule has 2 amide bonds. The quantitative estimate of drug-likeness (QED) is 0.741. The number of aromatic nitrogens is 1. The lowest BCUT2D eigenvalue weighted by Crippen LogP contribution is -2.20. The first kappa shape index (κ1) is 14.5. The summed E-state index contributed by atoms with van der Waals surface area (Å²) in [4.78, 5) is 15.8. The molecular formula is C15H12FN3O2. The van der Waals surface area contributed by atoms with Gasteiger partial charge in [-0.15, -0.1) is 0 Å². The third-order valence-corrected chi connectivity index (χ3v) is 2.37. The molecule has 0 aliphatic carbocycles. The minimum Gasteiger partial charge on any atom is -0.384 e. The van der Waals surface area contributed by atoms with Crippen LogP contribution in [0.3, 0.4) is 0 Å². The lowest BCUT2D eigenvalue weighted by molar-refractivity contribution is 0.262. The highest BCUT2D eigenvalue weighted by atomic mass is 19.1. The molecule has 5 nitrogen and oxygen atoms in total. The Balaban J connectivity index is 2.02. The van der Waals surface area contributed by atoms with Gasteiger partial charge in [-0.2, -0.15) is 0 Å². The Hall–Kier alpha value is -2.91. The van der Waals surface area contributed by atoms with Gasteiger partial charge in [-0.1, -0.05) is 18.1 Å². The highest BCUT2D eigenvalue weighted by Gasteiger charge is 2.04. The van der Waals surface area contributed by atoms with Gasteiger partial charge >= 0.3 is 6.03 Å². The van der Waals surface area contributed by atoms with E-state index in [9.17, 15) is 9.18 Å². The number of rotatable bonds is 2. The van der Waals surface area contributed by atoms with Crippen LogP contribution in [0, 0.1) is 17.7 Å². The summed E-state index contributed by atoms with van der Waals surface area (Å²) in [7, 11) is 0. The zero-order valence-corrected chi connectivity index (χ0v) is 10.9. The van der Waals surface area contributed by atoms with Gasteiger partial charge in [0, 0.05) is 5.69 Å². The summed E-state index contributed by atoms with van der Waals surface area (Å²) in [5.74, 6) is 4.96. The van der Waals surface area contributed by atoms with Crippen molar-refractivity contribution in [2.75, 3.05) is 17.2 Å². The minimum absolute atomic E-state index is 0.264. The van der Waals surface area contributed by atoms with Crippen LogP contribution in [0.15, 0.2) is 42.5 Å². The molecule has 0 unspecified atom stereocenters. The molecule has 21 heavy (non-hydrogen) atoms. The van der Waals surface area contributed by atoms with Gasteiger partial charge in [-0.25, -0.2) is 14.2 Å². The molecule has 0 radical (unpaired) electrons. The third-order valence-electron chi connectivity index (χ3n) is 2.37. The SMILES string of the molecule is O=C(Nc1cccc(F)c1)Nc1cccc(C#CCO)n1. The number of pyridine rings is 1. The number of nitrogens with one attached hydrogen (secondary N) is 2. The van der Waals surface area contributed by atoms with Gasteiger partial charge < -0.3 is 10.4 Å². The lowest BCUT2D eigenvalue weighted by atomic mass is 10.3. The number of aliphatic hydroxyl groups excluding tert-OH is 1. The van der Waals surface area contributed by atoms with Crippen LogP contribution >= 0.6 is 0 Å². The first-order valence-electron chi connectivity index (χ1n) is 6.08. The number of carbonyl (C=O) groups excluding carboxylic acids is 1. The van der Waals surface area contributed by atoms with E-state index < -0.39 is 11.8 Å². The van der Waals surface area contributed by atoms with Crippen LogP contribution in [-0.2, 0) is 0 Å². The van der Waals surface area contributed by atoms with Crippen molar-refractivity contribution in [3.8, 4) is 11.8 Å². The molecule has 0 saturated carbocycles. The molecule has 0 atom stereocenters. The molecule has 106 valence electrons. The van der Waals surface area contributed by atoms with Gasteiger partial charge in [0.15, 0.2) is 0 Å². The van der Waals surface area contributed by atoms with Crippen molar-refractivity contribution >= 4 is 17.5 Å². The van der Waals surface area contributed by atoms with Crippen LogP contribution in [0.1, 0.15) is 5.69 Å². The smallest absolute Gasteiger partial charge is 0.324 e. The Kier molecular flexibility index (Phi) is 4.85. The van der Waals surface area contributed by atoms with Gasteiger partial charge in [-0.3, -0.25) is 5.32 Å². The molecule has 1 aromatic carbocycles. The lowest BCUT2D eigenvalue weighted by Gasteiger charge is -2.07. The molecular weight excluding hydrogens is 273 g/mol. The summed E-state index contributed by atoms with van der Waals surface area (Å²) in [6.45, 7) is -0.264. The zero-order valence-electron chi connectivity index (χ0n) is 10.9. The summed E-state index contributed by atoms with van der Waals surface area (Å²) >= 11 is 0. The maximum atomic E-state index is 13.0. The van der Waals surface area contributed by atoms with Crippen molar-refractivity contribution in [1.82, 2.24) is 4.98 Å². The van der Waals surface area contributed by atoms with E-state index in [0.717, 1.165) is 0 Å². The van der Waals surface area contributed by atoms with Crippen molar-refractivity contribution in [1.29, 1.82) is 0 Å². The van der Waals surface area contributed by atoms with Gasteiger partial charge in [0.25, 0.3) is 0 Å². The summed E-state index contributed by atoms with van der Waals surface area (Å²) in [5, 5.41) is 13.6. The topological polar surface area (TPSA) is 74.2 Å². The van der Waals surface area contributed by atoms with Crippen molar-refractivity contribution in [3.63, 3.8) is 0 Å². The van der Waals surface area contributed by atoms with Crippen LogP contribution in [0.5, 0.6) is 0 Å². The molecule has 1 aromatic heterocycles. The second-order valence-electron chi connectivity index (χ2n) is 3.96. The first-order chi connectivity index (χ1) is 10.2. The molecule has 1 heterocycles. The maximum Gasteiger partial charge on any atom is 0.324 e. The van der Waals surface area contributed by atoms with Crippen LogP contribution in [-0.4, -0.2) is 22.7 Å². The van der Waals surface area contributed by atoms with Gasteiger partial charge in [0.1, 0.15) is 23.9 Å². The van der Waals surface area contributed by atoms with E-state index >= 15 is 0 Å². The van der Waals surface area contributed by atoms with Crippen molar-refractivity contribution < 1.29 is 14.3 Å². The van der Waals surface area contributed by atoms with E-state index in [1.807, 2.05) is 0 Å². The Morgan fingerprint density at radius 2 is 2.05 bits per heavy atom. The molecule has 2 rings (SSSR count). The predicted octanol–water partition coefficient (Wildman–Crippen LogP) is 2.21. The maximum absolute atomic E-state index is 13.0. The van der Waals surface area contributed by atoms with Crippen LogP contribution < -0.4 is 10.6 Å². The summed E-state index contributed by atoms with van der Waals surface area (Å²) in [6.07, 6.45) is 0. The largest absolute Gasteiger partial charge is 0.384 e.